The van der Waals surface area contributed by atoms with Gasteiger partial charge in [0.05, 0.1) is 35.6 Å². The molecule has 2 amide bonds. The van der Waals surface area contributed by atoms with Crippen LogP contribution in [0.15, 0.2) is 40.3 Å². The zero-order chi connectivity index (χ0) is 24.8. The molecule has 176 valence electrons. The number of carbonyl (C=O) groups excluding carboxylic acids is 3. The third kappa shape index (κ3) is 5.55. The first kappa shape index (κ1) is 28.7. The van der Waals surface area contributed by atoms with E-state index in [0.717, 1.165) is 9.37 Å². The summed E-state index contributed by atoms with van der Waals surface area (Å²) in [6.07, 6.45) is -0.702. The summed E-state index contributed by atoms with van der Waals surface area (Å²) < 4.78 is 15.6. The average molecular weight is 1040 g/mol. The van der Waals surface area contributed by atoms with Gasteiger partial charge in [0.15, 0.2) is 5.75 Å². The Bertz CT molecular complexity index is 1140. The average Bonchev–Trinajstić information content (AvgIpc) is 3.03. The van der Waals surface area contributed by atoms with Gasteiger partial charge in [-0.1, -0.05) is 0 Å². The highest BCUT2D eigenvalue weighted by molar-refractivity contribution is 9.16. The molecular formula is C18H6Br9NO5. The molecule has 2 aromatic rings. The first-order valence-electron chi connectivity index (χ1n) is 8.48. The third-order valence-electron chi connectivity index (χ3n) is 4.29. The van der Waals surface area contributed by atoms with Gasteiger partial charge < -0.3 is 9.47 Å². The molecule has 0 saturated carbocycles. The molecular weight excluding hydrogens is 1030 g/mol. The standard InChI is InChI=1S/C18H6Br9NO5/c19-6-4-5(7(20)9(22)8(6)21)17(30)28(16(4)29)2-1-3-32-18(31)33-15-13(26)11(24)10(23)12(25)14(15)27/h1-3H2. The van der Waals surface area contributed by atoms with Gasteiger partial charge in [-0.2, -0.15) is 0 Å². The van der Waals surface area contributed by atoms with Crippen LogP contribution in [0.1, 0.15) is 27.1 Å². The number of imide groups is 1. The number of fused-ring (bicyclic) bond motifs is 1. The molecule has 0 atom stereocenters. The first-order chi connectivity index (χ1) is 15.4. The number of amides is 2. The summed E-state index contributed by atoms with van der Waals surface area (Å²) in [4.78, 5) is 39.0. The number of halogens is 9. The molecule has 3 rings (SSSR count). The predicted molar refractivity (Wildman–Crippen MR) is 154 cm³/mol. The molecule has 0 saturated heterocycles. The van der Waals surface area contributed by atoms with Crippen LogP contribution in [-0.2, 0) is 4.74 Å². The number of hydrogen-bond donors (Lipinski definition) is 0. The minimum absolute atomic E-state index is 0.0595. The second-order valence-corrected chi connectivity index (χ2v) is 13.4. The topological polar surface area (TPSA) is 72.9 Å². The molecule has 0 spiro atoms. The second-order valence-electron chi connectivity index (χ2n) is 6.22. The van der Waals surface area contributed by atoms with E-state index < -0.39 is 18.0 Å². The van der Waals surface area contributed by atoms with Crippen molar-refractivity contribution in [2.75, 3.05) is 13.2 Å². The third-order valence-corrected chi connectivity index (χ3v) is 15.1. The quantitative estimate of drug-likeness (QED) is 0.0746. The lowest BCUT2D eigenvalue weighted by Gasteiger charge is -2.15. The SMILES string of the molecule is O=C(OCCCN1C(=O)c2c(Br)c(Br)c(Br)c(Br)c2C1=O)Oc1c(Br)c(Br)c(Br)c(Br)c1Br. The molecule has 15 heteroatoms. The van der Waals surface area contributed by atoms with Crippen molar-refractivity contribution in [1.82, 2.24) is 4.90 Å². The van der Waals surface area contributed by atoms with E-state index in [0.29, 0.717) is 35.8 Å². The van der Waals surface area contributed by atoms with E-state index in [2.05, 4.69) is 143 Å². The number of rotatable bonds is 5. The molecule has 0 bridgehead atoms. The number of hydrogen-bond acceptors (Lipinski definition) is 5. The Morgan fingerprint density at radius 2 is 1.03 bits per heavy atom. The zero-order valence-electron chi connectivity index (χ0n) is 15.5. The number of benzene rings is 2. The molecule has 1 heterocycles. The summed E-state index contributed by atoms with van der Waals surface area (Å²) in [5.74, 6) is -0.653. The van der Waals surface area contributed by atoms with Crippen molar-refractivity contribution in [1.29, 1.82) is 0 Å². The maximum atomic E-state index is 12.8. The first-order valence-corrected chi connectivity index (χ1v) is 15.6. The highest BCUT2D eigenvalue weighted by Crippen LogP contribution is 2.49. The number of nitrogens with zero attached hydrogens (tertiary/aromatic N) is 1. The van der Waals surface area contributed by atoms with Crippen molar-refractivity contribution in [3.63, 3.8) is 0 Å². The summed E-state index contributed by atoms with van der Waals surface area (Å²) in [5, 5.41) is 0. The van der Waals surface area contributed by atoms with Crippen LogP contribution < -0.4 is 4.74 Å². The molecule has 33 heavy (non-hydrogen) atoms. The Hall–Kier alpha value is 1.17. The van der Waals surface area contributed by atoms with E-state index in [1.165, 1.54) is 0 Å². The maximum absolute atomic E-state index is 12.8. The van der Waals surface area contributed by atoms with Crippen LogP contribution in [0, 0.1) is 0 Å². The summed E-state index contributed by atoms with van der Waals surface area (Å²) >= 11 is 30.4. The lowest BCUT2D eigenvalue weighted by Crippen LogP contribution is -2.31. The Labute approximate surface area is 263 Å². The summed E-state index contributed by atoms with van der Waals surface area (Å²) in [5.41, 5.74) is 0.534. The Morgan fingerprint density at radius 3 is 1.48 bits per heavy atom. The van der Waals surface area contributed by atoms with Crippen LogP contribution in [0.4, 0.5) is 4.79 Å². The molecule has 0 unspecified atom stereocenters. The van der Waals surface area contributed by atoms with Crippen molar-refractivity contribution in [3.8, 4) is 5.75 Å². The van der Waals surface area contributed by atoms with E-state index in [1.54, 1.807) is 0 Å². The van der Waals surface area contributed by atoms with Gasteiger partial charge in [-0.05, 0) is 150 Å². The van der Waals surface area contributed by atoms with Gasteiger partial charge >= 0.3 is 6.16 Å². The minimum atomic E-state index is -0.932. The predicted octanol–water partition coefficient (Wildman–Crippen LogP) is 9.75. The highest BCUT2D eigenvalue weighted by Gasteiger charge is 2.40. The van der Waals surface area contributed by atoms with Crippen LogP contribution in [0.3, 0.4) is 0 Å². The summed E-state index contributed by atoms with van der Waals surface area (Å²) in [7, 11) is 0. The largest absolute Gasteiger partial charge is 0.513 e. The molecule has 0 aliphatic carbocycles. The van der Waals surface area contributed by atoms with E-state index in [1.807, 2.05) is 0 Å². The Balaban J connectivity index is 1.63. The number of ether oxygens (including phenoxy) is 2. The monoisotopic (exact) mass is 1030 g/mol. The zero-order valence-corrected chi connectivity index (χ0v) is 29.8. The van der Waals surface area contributed by atoms with E-state index in [4.69, 9.17) is 9.47 Å². The van der Waals surface area contributed by atoms with Gasteiger partial charge in [-0.25, -0.2) is 4.79 Å². The molecule has 0 fully saturated rings. The minimum Gasteiger partial charge on any atom is -0.434 e. The molecule has 0 aromatic heterocycles. The van der Waals surface area contributed by atoms with Crippen molar-refractivity contribution in [2.45, 2.75) is 6.42 Å². The van der Waals surface area contributed by atoms with Gasteiger partial charge in [0, 0.05) is 28.9 Å². The van der Waals surface area contributed by atoms with Crippen molar-refractivity contribution in [3.05, 3.63) is 51.4 Å². The Kier molecular flexibility index (Phi) is 10.2. The molecule has 1 aliphatic heterocycles. The molecule has 1 aliphatic rings. The molecule has 0 radical (unpaired) electrons. The van der Waals surface area contributed by atoms with E-state index in [-0.39, 0.29) is 36.4 Å². The van der Waals surface area contributed by atoms with Crippen LogP contribution in [0.5, 0.6) is 5.75 Å². The maximum Gasteiger partial charge on any atom is 0.513 e. The fourth-order valence-electron chi connectivity index (χ4n) is 2.76. The van der Waals surface area contributed by atoms with Crippen LogP contribution in [0.2, 0.25) is 0 Å². The molecule has 0 N–H and O–H groups in total. The summed E-state index contributed by atoms with van der Waals surface area (Å²) in [6.45, 7) is 0.00653. The van der Waals surface area contributed by atoms with Crippen LogP contribution in [-0.4, -0.2) is 36.0 Å². The fourth-order valence-corrected chi connectivity index (χ4v) is 8.39. The smallest absolute Gasteiger partial charge is 0.434 e. The van der Waals surface area contributed by atoms with Gasteiger partial charge in [0.1, 0.15) is 0 Å². The van der Waals surface area contributed by atoms with Crippen molar-refractivity contribution < 1.29 is 23.9 Å². The van der Waals surface area contributed by atoms with Gasteiger partial charge in [-0.3, -0.25) is 14.5 Å². The lowest BCUT2D eigenvalue weighted by molar-refractivity contribution is 0.0631. The van der Waals surface area contributed by atoms with Crippen molar-refractivity contribution >= 4 is 161 Å². The fraction of sp³-hybridized carbons (Fsp3) is 0.167. The van der Waals surface area contributed by atoms with Crippen LogP contribution >= 0.6 is 143 Å². The van der Waals surface area contributed by atoms with Crippen LogP contribution in [0.25, 0.3) is 0 Å². The van der Waals surface area contributed by atoms with E-state index in [9.17, 15) is 14.4 Å². The lowest BCUT2D eigenvalue weighted by atomic mass is 10.1. The van der Waals surface area contributed by atoms with Crippen molar-refractivity contribution in [2.24, 2.45) is 0 Å². The normalized spacial score (nSPS) is 12.9. The van der Waals surface area contributed by atoms with Gasteiger partial charge in [0.25, 0.3) is 11.8 Å². The second kappa shape index (κ2) is 11.7. The molecule has 6 nitrogen and oxygen atoms in total. The van der Waals surface area contributed by atoms with Gasteiger partial charge in [0.2, 0.25) is 0 Å². The van der Waals surface area contributed by atoms with Gasteiger partial charge in [-0.15, -0.1) is 0 Å². The number of carbonyl (C=O) groups is 3. The summed E-state index contributed by atoms with van der Waals surface area (Å²) in [6, 6.07) is 0. The Morgan fingerprint density at radius 1 is 0.636 bits per heavy atom. The molecule has 2 aromatic carbocycles. The van der Waals surface area contributed by atoms with E-state index >= 15 is 0 Å². The highest BCUT2D eigenvalue weighted by atomic mass is 79.9.